The molecular weight excluding hydrogens is 236 g/mol. The highest BCUT2D eigenvalue weighted by Gasteiger charge is 2.34. The minimum absolute atomic E-state index is 0.0577. The second-order valence-electron chi connectivity index (χ2n) is 4.27. The summed E-state index contributed by atoms with van der Waals surface area (Å²) in [5.41, 5.74) is 0.581. The molecule has 0 radical (unpaired) electrons. The third kappa shape index (κ3) is 2.99. The number of nitrogens with zero attached hydrogens (tertiary/aromatic N) is 3. The number of carboxylic acids is 1. The molecule has 0 aromatic carbocycles. The summed E-state index contributed by atoms with van der Waals surface area (Å²) in [6.45, 7) is 2.40. The van der Waals surface area contributed by atoms with Gasteiger partial charge in [0.05, 0.1) is 11.9 Å². The molecule has 0 atom stereocenters. The number of urea groups is 1. The van der Waals surface area contributed by atoms with E-state index in [1.807, 2.05) is 6.92 Å². The van der Waals surface area contributed by atoms with Crippen molar-refractivity contribution in [1.29, 1.82) is 0 Å². The molecule has 1 heterocycles. The van der Waals surface area contributed by atoms with Crippen molar-refractivity contribution in [3.8, 4) is 0 Å². The van der Waals surface area contributed by atoms with Crippen LogP contribution in [0.4, 0.5) is 10.5 Å². The second kappa shape index (κ2) is 5.07. The summed E-state index contributed by atoms with van der Waals surface area (Å²) in [5.74, 6) is -0.999. The SMILES string of the molecule is CCn1cc(NC(=O)N(CC(=O)O)C2CC2)cn1. The molecule has 1 saturated carbocycles. The van der Waals surface area contributed by atoms with Crippen molar-refractivity contribution in [3.63, 3.8) is 0 Å². The topological polar surface area (TPSA) is 87.5 Å². The van der Waals surface area contributed by atoms with Gasteiger partial charge in [-0.05, 0) is 19.8 Å². The van der Waals surface area contributed by atoms with Crippen LogP contribution in [0.3, 0.4) is 0 Å². The van der Waals surface area contributed by atoms with Crippen LogP contribution in [0.25, 0.3) is 0 Å². The van der Waals surface area contributed by atoms with Crippen LogP contribution in [0.5, 0.6) is 0 Å². The highest BCUT2D eigenvalue weighted by atomic mass is 16.4. The zero-order valence-corrected chi connectivity index (χ0v) is 10.2. The predicted molar refractivity (Wildman–Crippen MR) is 64.3 cm³/mol. The van der Waals surface area contributed by atoms with Gasteiger partial charge in [0, 0.05) is 18.8 Å². The van der Waals surface area contributed by atoms with Gasteiger partial charge >= 0.3 is 12.0 Å². The van der Waals surface area contributed by atoms with E-state index in [9.17, 15) is 9.59 Å². The molecule has 0 spiro atoms. The van der Waals surface area contributed by atoms with E-state index >= 15 is 0 Å². The van der Waals surface area contributed by atoms with E-state index in [2.05, 4.69) is 10.4 Å². The van der Waals surface area contributed by atoms with Gasteiger partial charge in [0.2, 0.25) is 0 Å². The Morgan fingerprint density at radius 1 is 1.61 bits per heavy atom. The summed E-state index contributed by atoms with van der Waals surface area (Å²) in [4.78, 5) is 24.0. The van der Waals surface area contributed by atoms with Crippen LogP contribution in [0.15, 0.2) is 12.4 Å². The molecule has 2 N–H and O–H groups in total. The van der Waals surface area contributed by atoms with Crippen molar-refractivity contribution in [3.05, 3.63) is 12.4 Å². The monoisotopic (exact) mass is 252 g/mol. The second-order valence-corrected chi connectivity index (χ2v) is 4.27. The quantitative estimate of drug-likeness (QED) is 0.817. The molecule has 1 aliphatic rings. The first-order chi connectivity index (χ1) is 8.60. The van der Waals surface area contributed by atoms with Crippen LogP contribution in [-0.4, -0.2) is 44.4 Å². The zero-order chi connectivity index (χ0) is 13.1. The van der Waals surface area contributed by atoms with Gasteiger partial charge in [0.1, 0.15) is 6.54 Å². The number of hydrogen-bond acceptors (Lipinski definition) is 3. The highest BCUT2D eigenvalue weighted by molar-refractivity contribution is 5.91. The van der Waals surface area contributed by atoms with Crippen molar-refractivity contribution < 1.29 is 14.7 Å². The van der Waals surface area contributed by atoms with E-state index in [4.69, 9.17) is 5.11 Å². The standard InChI is InChI=1S/C11H16N4O3/c1-2-14-6-8(5-12-14)13-11(18)15(7-10(16)17)9-3-4-9/h5-6,9H,2-4,7H2,1H3,(H,13,18)(H,16,17). The Morgan fingerprint density at radius 2 is 2.33 bits per heavy atom. The van der Waals surface area contributed by atoms with Crippen LogP contribution in [0, 0.1) is 0 Å². The lowest BCUT2D eigenvalue weighted by Gasteiger charge is -2.20. The number of amides is 2. The Labute approximate surface area is 104 Å². The molecule has 18 heavy (non-hydrogen) atoms. The zero-order valence-electron chi connectivity index (χ0n) is 10.2. The first kappa shape index (κ1) is 12.4. The van der Waals surface area contributed by atoms with Crippen molar-refractivity contribution in [2.24, 2.45) is 0 Å². The van der Waals surface area contributed by atoms with E-state index < -0.39 is 5.97 Å². The number of aliphatic carboxylic acids is 1. The fraction of sp³-hybridized carbons (Fsp3) is 0.545. The van der Waals surface area contributed by atoms with Crippen LogP contribution >= 0.6 is 0 Å². The maximum absolute atomic E-state index is 11.9. The molecule has 7 heteroatoms. The Bertz CT molecular complexity index is 453. The average molecular weight is 252 g/mol. The van der Waals surface area contributed by atoms with Crippen LogP contribution in [0.1, 0.15) is 19.8 Å². The lowest BCUT2D eigenvalue weighted by molar-refractivity contribution is -0.137. The van der Waals surface area contributed by atoms with Crippen LogP contribution in [-0.2, 0) is 11.3 Å². The molecule has 0 saturated heterocycles. The number of aryl methyl sites for hydroxylation is 1. The van der Waals surface area contributed by atoms with Gasteiger partial charge in [-0.15, -0.1) is 0 Å². The number of carbonyl (C=O) groups excluding carboxylic acids is 1. The molecule has 1 fully saturated rings. The molecule has 1 aromatic rings. The first-order valence-corrected chi connectivity index (χ1v) is 5.92. The number of carboxylic acid groups (broad SMARTS) is 1. The third-order valence-corrected chi connectivity index (χ3v) is 2.76. The van der Waals surface area contributed by atoms with Gasteiger partial charge in [-0.2, -0.15) is 5.10 Å². The summed E-state index contributed by atoms with van der Waals surface area (Å²) in [6.07, 6.45) is 5.00. The van der Waals surface area contributed by atoms with Gasteiger partial charge in [-0.25, -0.2) is 4.79 Å². The molecule has 98 valence electrons. The summed E-state index contributed by atoms with van der Waals surface area (Å²) >= 11 is 0. The molecule has 7 nitrogen and oxygen atoms in total. The number of anilines is 1. The van der Waals surface area contributed by atoms with Gasteiger partial charge < -0.3 is 15.3 Å². The van der Waals surface area contributed by atoms with Crippen molar-refractivity contribution >= 4 is 17.7 Å². The minimum atomic E-state index is -0.999. The third-order valence-electron chi connectivity index (χ3n) is 2.76. The lowest BCUT2D eigenvalue weighted by atomic mass is 10.4. The highest BCUT2D eigenvalue weighted by Crippen LogP contribution is 2.27. The van der Waals surface area contributed by atoms with Gasteiger partial charge in [0.15, 0.2) is 0 Å². The normalized spacial score (nSPS) is 14.3. The average Bonchev–Trinajstić information content (AvgIpc) is 3.06. The fourth-order valence-corrected chi connectivity index (χ4v) is 1.69. The van der Waals surface area contributed by atoms with Crippen LogP contribution < -0.4 is 5.32 Å². The Hall–Kier alpha value is -2.05. The smallest absolute Gasteiger partial charge is 0.323 e. The summed E-state index contributed by atoms with van der Waals surface area (Å²) in [5, 5.41) is 15.5. The van der Waals surface area contributed by atoms with Crippen molar-refractivity contribution in [2.75, 3.05) is 11.9 Å². The summed E-state index contributed by atoms with van der Waals surface area (Å²) < 4.78 is 1.69. The number of hydrogen-bond donors (Lipinski definition) is 2. The van der Waals surface area contributed by atoms with Gasteiger partial charge in [-0.1, -0.05) is 0 Å². The Morgan fingerprint density at radius 3 is 2.83 bits per heavy atom. The lowest BCUT2D eigenvalue weighted by Crippen LogP contribution is -2.40. The largest absolute Gasteiger partial charge is 0.480 e. The Balaban J connectivity index is 1.98. The summed E-state index contributed by atoms with van der Waals surface area (Å²) in [6, 6.07) is -0.321. The van der Waals surface area contributed by atoms with Gasteiger partial charge in [-0.3, -0.25) is 9.48 Å². The Kier molecular flexibility index (Phi) is 3.50. The molecule has 1 aliphatic carbocycles. The molecule has 1 aromatic heterocycles. The molecular formula is C11H16N4O3. The predicted octanol–water partition coefficient (Wildman–Crippen LogP) is 0.984. The van der Waals surface area contributed by atoms with E-state index in [0.29, 0.717) is 5.69 Å². The van der Waals surface area contributed by atoms with E-state index in [-0.39, 0.29) is 18.6 Å². The van der Waals surface area contributed by atoms with Crippen molar-refractivity contribution in [1.82, 2.24) is 14.7 Å². The minimum Gasteiger partial charge on any atom is -0.480 e. The van der Waals surface area contributed by atoms with E-state index in [1.165, 1.54) is 4.90 Å². The van der Waals surface area contributed by atoms with Crippen molar-refractivity contribution in [2.45, 2.75) is 32.4 Å². The molecule has 2 rings (SSSR count). The molecule has 0 unspecified atom stereocenters. The number of aromatic nitrogens is 2. The molecule has 0 aliphatic heterocycles. The number of rotatable bonds is 5. The number of carbonyl (C=O) groups is 2. The van der Waals surface area contributed by atoms with E-state index in [1.54, 1.807) is 17.1 Å². The first-order valence-electron chi connectivity index (χ1n) is 5.92. The maximum Gasteiger partial charge on any atom is 0.323 e. The summed E-state index contributed by atoms with van der Waals surface area (Å²) in [7, 11) is 0. The molecule has 0 bridgehead atoms. The number of nitrogens with one attached hydrogen (secondary N) is 1. The van der Waals surface area contributed by atoms with Crippen LogP contribution in [0.2, 0.25) is 0 Å². The molecule has 2 amide bonds. The van der Waals surface area contributed by atoms with Gasteiger partial charge in [0.25, 0.3) is 0 Å². The maximum atomic E-state index is 11.9. The van der Waals surface area contributed by atoms with E-state index in [0.717, 1.165) is 19.4 Å². The fourth-order valence-electron chi connectivity index (χ4n) is 1.69.